The van der Waals surface area contributed by atoms with Crippen molar-refractivity contribution in [2.75, 3.05) is 26.7 Å². The van der Waals surface area contributed by atoms with Gasteiger partial charge in [0, 0.05) is 19.6 Å². The van der Waals surface area contributed by atoms with E-state index in [2.05, 4.69) is 12.2 Å². The Kier molecular flexibility index (Phi) is 5.61. The minimum atomic E-state index is -3.44. The molecule has 0 radical (unpaired) electrons. The largest absolute Gasteiger partial charge is 0.495 e. The smallest absolute Gasteiger partial charge is 0.246 e. The first kappa shape index (κ1) is 16.3. The highest BCUT2D eigenvalue weighted by molar-refractivity contribution is 7.89. The average molecular weight is 312 g/mol. The standard InChI is InChI=1S/C15H24N2O3S/c1-3-8-16-12-13-6-7-15(14(11-13)20-2)21(18,19)17-9-4-5-10-17/h6-7,11,16H,3-5,8-10,12H2,1-2H3. The van der Waals surface area contributed by atoms with Crippen LogP contribution in [0.1, 0.15) is 31.7 Å². The summed E-state index contributed by atoms with van der Waals surface area (Å²) >= 11 is 0. The van der Waals surface area contributed by atoms with Crippen molar-refractivity contribution in [2.45, 2.75) is 37.6 Å². The molecule has 0 spiro atoms. The number of methoxy groups -OCH3 is 1. The van der Waals surface area contributed by atoms with Crippen LogP contribution in [0.3, 0.4) is 0 Å². The SMILES string of the molecule is CCCNCc1ccc(S(=O)(=O)N2CCCC2)c(OC)c1. The number of benzene rings is 1. The molecule has 1 aromatic rings. The molecule has 1 N–H and O–H groups in total. The van der Waals surface area contributed by atoms with Crippen molar-refractivity contribution in [3.63, 3.8) is 0 Å². The number of hydrogen-bond donors (Lipinski definition) is 1. The highest BCUT2D eigenvalue weighted by atomic mass is 32.2. The predicted molar refractivity (Wildman–Crippen MR) is 83.0 cm³/mol. The van der Waals surface area contributed by atoms with Gasteiger partial charge in [0.2, 0.25) is 10.0 Å². The topological polar surface area (TPSA) is 58.6 Å². The zero-order valence-corrected chi connectivity index (χ0v) is 13.6. The fourth-order valence-corrected chi connectivity index (χ4v) is 4.17. The average Bonchev–Trinajstić information content (AvgIpc) is 3.02. The van der Waals surface area contributed by atoms with E-state index in [1.54, 1.807) is 10.4 Å². The Morgan fingerprint density at radius 3 is 2.62 bits per heavy atom. The molecule has 0 saturated carbocycles. The van der Waals surface area contributed by atoms with Crippen LogP contribution in [0.15, 0.2) is 23.1 Å². The summed E-state index contributed by atoms with van der Waals surface area (Å²) in [5.41, 5.74) is 1.03. The van der Waals surface area contributed by atoms with Crippen LogP contribution in [0.4, 0.5) is 0 Å². The zero-order valence-electron chi connectivity index (χ0n) is 12.8. The summed E-state index contributed by atoms with van der Waals surface area (Å²) in [4.78, 5) is 0.270. The second-order valence-corrected chi connectivity index (χ2v) is 7.18. The van der Waals surface area contributed by atoms with Crippen molar-refractivity contribution in [2.24, 2.45) is 0 Å². The van der Waals surface area contributed by atoms with Gasteiger partial charge in [0.1, 0.15) is 10.6 Å². The van der Waals surface area contributed by atoms with E-state index in [0.717, 1.165) is 31.4 Å². The van der Waals surface area contributed by atoms with Gasteiger partial charge in [0.05, 0.1) is 7.11 Å². The van der Waals surface area contributed by atoms with Crippen LogP contribution in [-0.4, -0.2) is 39.5 Å². The second-order valence-electron chi connectivity index (χ2n) is 5.27. The number of nitrogens with one attached hydrogen (secondary N) is 1. The van der Waals surface area contributed by atoms with Crippen molar-refractivity contribution in [1.29, 1.82) is 0 Å². The molecule has 6 heteroatoms. The van der Waals surface area contributed by atoms with E-state index in [0.29, 0.717) is 25.4 Å². The molecule has 0 bridgehead atoms. The third-order valence-electron chi connectivity index (χ3n) is 3.67. The molecule has 118 valence electrons. The van der Waals surface area contributed by atoms with Gasteiger partial charge in [0.25, 0.3) is 0 Å². The van der Waals surface area contributed by atoms with E-state index in [1.807, 2.05) is 12.1 Å². The van der Waals surface area contributed by atoms with Gasteiger partial charge in [0.15, 0.2) is 0 Å². The first-order valence-corrected chi connectivity index (χ1v) is 8.91. The number of ether oxygens (including phenoxy) is 1. The van der Waals surface area contributed by atoms with E-state index in [1.165, 1.54) is 7.11 Å². The summed E-state index contributed by atoms with van der Waals surface area (Å²) in [6.07, 6.45) is 2.93. The second kappa shape index (κ2) is 7.24. The molecule has 2 rings (SSSR count). The molecular weight excluding hydrogens is 288 g/mol. The molecule has 5 nitrogen and oxygen atoms in total. The summed E-state index contributed by atoms with van der Waals surface area (Å²) < 4.78 is 32.1. The molecular formula is C15H24N2O3S. The van der Waals surface area contributed by atoms with Gasteiger partial charge in [-0.05, 0) is 43.5 Å². The van der Waals surface area contributed by atoms with E-state index in [9.17, 15) is 8.42 Å². The quantitative estimate of drug-likeness (QED) is 0.782. The van der Waals surface area contributed by atoms with E-state index >= 15 is 0 Å². The van der Waals surface area contributed by atoms with Crippen molar-refractivity contribution in [1.82, 2.24) is 9.62 Å². The summed E-state index contributed by atoms with van der Waals surface area (Å²) in [6.45, 7) is 4.97. The zero-order chi connectivity index (χ0) is 15.3. The van der Waals surface area contributed by atoms with Crippen LogP contribution >= 0.6 is 0 Å². The molecule has 0 aromatic heterocycles. The van der Waals surface area contributed by atoms with Crippen LogP contribution < -0.4 is 10.1 Å². The van der Waals surface area contributed by atoms with Gasteiger partial charge < -0.3 is 10.1 Å². The highest BCUT2D eigenvalue weighted by Gasteiger charge is 2.29. The van der Waals surface area contributed by atoms with Gasteiger partial charge in [-0.15, -0.1) is 0 Å². The molecule has 1 heterocycles. The Morgan fingerprint density at radius 2 is 2.00 bits per heavy atom. The van der Waals surface area contributed by atoms with Gasteiger partial charge in [-0.2, -0.15) is 4.31 Å². The molecule has 21 heavy (non-hydrogen) atoms. The molecule has 0 unspecified atom stereocenters. The summed E-state index contributed by atoms with van der Waals surface area (Å²) in [5, 5.41) is 3.30. The highest BCUT2D eigenvalue weighted by Crippen LogP contribution is 2.29. The van der Waals surface area contributed by atoms with E-state index in [-0.39, 0.29) is 4.90 Å². The number of rotatable bonds is 7. The van der Waals surface area contributed by atoms with Gasteiger partial charge in [-0.3, -0.25) is 0 Å². The maximum absolute atomic E-state index is 12.6. The number of sulfonamides is 1. The lowest BCUT2D eigenvalue weighted by Crippen LogP contribution is -2.28. The maximum atomic E-state index is 12.6. The fraction of sp³-hybridized carbons (Fsp3) is 0.600. The number of nitrogens with zero attached hydrogens (tertiary/aromatic N) is 1. The molecule has 1 fully saturated rings. The minimum Gasteiger partial charge on any atom is -0.495 e. The Labute approximate surface area is 127 Å². The third kappa shape index (κ3) is 3.75. The maximum Gasteiger partial charge on any atom is 0.246 e. The van der Waals surface area contributed by atoms with Crippen molar-refractivity contribution < 1.29 is 13.2 Å². The lowest BCUT2D eigenvalue weighted by atomic mass is 10.2. The molecule has 0 aliphatic carbocycles. The molecule has 0 amide bonds. The Balaban J connectivity index is 2.23. The fourth-order valence-electron chi connectivity index (χ4n) is 2.51. The Morgan fingerprint density at radius 1 is 1.29 bits per heavy atom. The lowest BCUT2D eigenvalue weighted by Gasteiger charge is -2.18. The van der Waals surface area contributed by atoms with Crippen LogP contribution in [0.2, 0.25) is 0 Å². The van der Waals surface area contributed by atoms with Gasteiger partial charge >= 0.3 is 0 Å². The molecule has 1 aliphatic rings. The van der Waals surface area contributed by atoms with Crippen molar-refractivity contribution >= 4 is 10.0 Å². The first-order valence-electron chi connectivity index (χ1n) is 7.47. The first-order chi connectivity index (χ1) is 10.1. The van der Waals surface area contributed by atoms with Crippen molar-refractivity contribution in [3.05, 3.63) is 23.8 Å². The monoisotopic (exact) mass is 312 g/mol. The van der Waals surface area contributed by atoms with Crippen LogP contribution in [0, 0.1) is 0 Å². The summed E-state index contributed by atoms with van der Waals surface area (Å²) in [7, 11) is -1.92. The summed E-state index contributed by atoms with van der Waals surface area (Å²) in [5.74, 6) is 0.428. The van der Waals surface area contributed by atoms with Crippen LogP contribution in [-0.2, 0) is 16.6 Å². The molecule has 1 aromatic carbocycles. The van der Waals surface area contributed by atoms with Gasteiger partial charge in [-0.1, -0.05) is 13.0 Å². The van der Waals surface area contributed by atoms with Crippen LogP contribution in [0.25, 0.3) is 0 Å². The number of hydrogen-bond acceptors (Lipinski definition) is 4. The Bertz CT molecular complexity index is 566. The molecule has 1 aliphatic heterocycles. The molecule has 0 atom stereocenters. The van der Waals surface area contributed by atoms with Gasteiger partial charge in [-0.25, -0.2) is 8.42 Å². The van der Waals surface area contributed by atoms with E-state index in [4.69, 9.17) is 4.74 Å². The predicted octanol–water partition coefficient (Wildman–Crippen LogP) is 1.98. The van der Waals surface area contributed by atoms with Crippen molar-refractivity contribution in [3.8, 4) is 5.75 Å². The minimum absolute atomic E-state index is 0.270. The summed E-state index contributed by atoms with van der Waals surface area (Å²) in [6, 6.07) is 5.33. The Hall–Kier alpha value is -1.11. The van der Waals surface area contributed by atoms with Crippen LogP contribution in [0.5, 0.6) is 5.75 Å². The third-order valence-corrected chi connectivity index (χ3v) is 5.60. The lowest BCUT2D eigenvalue weighted by molar-refractivity contribution is 0.397. The van der Waals surface area contributed by atoms with E-state index < -0.39 is 10.0 Å². The molecule has 1 saturated heterocycles. The normalized spacial score (nSPS) is 16.3.